The Labute approximate surface area is 105 Å². The van der Waals surface area contributed by atoms with Gasteiger partial charge in [0, 0.05) is 6.54 Å². The smallest absolute Gasteiger partial charge is 0.310 e. The van der Waals surface area contributed by atoms with E-state index in [-0.39, 0.29) is 18.0 Å². The van der Waals surface area contributed by atoms with E-state index < -0.39 is 0 Å². The van der Waals surface area contributed by atoms with Crippen molar-refractivity contribution in [2.75, 3.05) is 6.54 Å². The van der Waals surface area contributed by atoms with Gasteiger partial charge in [-0.15, -0.1) is 0 Å². The third-order valence-corrected chi connectivity index (χ3v) is 3.98. The lowest BCUT2D eigenvalue weighted by Crippen LogP contribution is -2.38. The van der Waals surface area contributed by atoms with Gasteiger partial charge >= 0.3 is 5.97 Å². The first-order valence-electron chi connectivity index (χ1n) is 6.86. The van der Waals surface area contributed by atoms with E-state index in [4.69, 9.17) is 10.5 Å². The van der Waals surface area contributed by atoms with E-state index in [1.165, 1.54) is 12.8 Å². The number of rotatable bonds is 4. The van der Waals surface area contributed by atoms with Crippen LogP contribution in [0.5, 0.6) is 0 Å². The third-order valence-electron chi connectivity index (χ3n) is 3.98. The van der Waals surface area contributed by atoms with E-state index in [0.29, 0.717) is 24.3 Å². The van der Waals surface area contributed by atoms with Gasteiger partial charge in [-0.2, -0.15) is 0 Å². The molecule has 0 saturated heterocycles. The second-order valence-electron chi connectivity index (χ2n) is 5.94. The molecular formula is C14H27NO2. The predicted octanol–water partition coefficient (Wildman–Crippen LogP) is 2.59. The van der Waals surface area contributed by atoms with Crippen molar-refractivity contribution in [2.45, 2.75) is 53.1 Å². The van der Waals surface area contributed by atoms with Crippen LogP contribution in [0.4, 0.5) is 0 Å². The summed E-state index contributed by atoms with van der Waals surface area (Å²) in [6.45, 7) is 8.87. The molecule has 0 spiro atoms. The van der Waals surface area contributed by atoms with Gasteiger partial charge in [-0.05, 0) is 30.6 Å². The summed E-state index contributed by atoms with van der Waals surface area (Å²) < 4.78 is 5.67. The number of nitrogens with two attached hydrogens (primary N) is 1. The Hall–Kier alpha value is -0.570. The summed E-state index contributed by atoms with van der Waals surface area (Å²) in [4.78, 5) is 11.8. The molecule has 1 fully saturated rings. The fourth-order valence-corrected chi connectivity index (χ4v) is 2.61. The Morgan fingerprint density at radius 3 is 2.53 bits per heavy atom. The first-order chi connectivity index (χ1) is 7.95. The molecule has 0 bridgehead atoms. The fourth-order valence-electron chi connectivity index (χ4n) is 2.61. The monoisotopic (exact) mass is 241 g/mol. The van der Waals surface area contributed by atoms with Crippen LogP contribution in [0.3, 0.4) is 0 Å². The van der Waals surface area contributed by atoms with Crippen molar-refractivity contribution < 1.29 is 9.53 Å². The van der Waals surface area contributed by atoms with Crippen molar-refractivity contribution in [1.29, 1.82) is 0 Å². The molecule has 0 aromatic rings. The highest BCUT2D eigenvalue weighted by atomic mass is 16.5. The highest BCUT2D eigenvalue weighted by Crippen LogP contribution is 2.35. The first-order valence-corrected chi connectivity index (χ1v) is 6.86. The van der Waals surface area contributed by atoms with Crippen molar-refractivity contribution in [3.8, 4) is 0 Å². The summed E-state index contributed by atoms with van der Waals surface area (Å²) in [5.74, 6) is 1.45. The molecule has 1 rings (SSSR count). The molecule has 17 heavy (non-hydrogen) atoms. The van der Waals surface area contributed by atoms with Crippen LogP contribution in [0.15, 0.2) is 0 Å². The summed E-state index contributed by atoms with van der Waals surface area (Å²) in [6.07, 6.45) is 3.53. The van der Waals surface area contributed by atoms with E-state index in [2.05, 4.69) is 20.8 Å². The molecule has 4 atom stereocenters. The van der Waals surface area contributed by atoms with Crippen molar-refractivity contribution in [3.63, 3.8) is 0 Å². The molecule has 100 valence electrons. The molecule has 0 aromatic carbocycles. The zero-order valence-corrected chi connectivity index (χ0v) is 11.6. The van der Waals surface area contributed by atoms with Gasteiger partial charge in [0.25, 0.3) is 0 Å². The predicted molar refractivity (Wildman–Crippen MR) is 69.4 cm³/mol. The van der Waals surface area contributed by atoms with Gasteiger partial charge < -0.3 is 10.5 Å². The lowest BCUT2D eigenvalue weighted by molar-refractivity contribution is -0.160. The second kappa shape index (κ2) is 6.39. The van der Waals surface area contributed by atoms with Crippen LogP contribution in [0.25, 0.3) is 0 Å². The van der Waals surface area contributed by atoms with Gasteiger partial charge in [-0.25, -0.2) is 0 Å². The second-order valence-corrected chi connectivity index (χ2v) is 5.94. The van der Waals surface area contributed by atoms with E-state index in [1.54, 1.807) is 0 Å². The van der Waals surface area contributed by atoms with Gasteiger partial charge in [0.05, 0.1) is 5.92 Å². The molecule has 1 saturated carbocycles. The maximum absolute atomic E-state index is 11.8. The maximum Gasteiger partial charge on any atom is 0.310 e. The number of carbonyl (C=O) groups excluding carboxylic acids is 1. The molecule has 0 heterocycles. The van der Waals surface area contributed by atoms with Crippen molar-refractivity contribution in [1.82, 2.24) is 0 Å². The van der Waals surface area contributed by atoms with Crippen molar-refractivity contribution in [2.24, 2.45) is 29.4 Å². The Balaban J connectivity index is 2.60. The van der Waals surface area contributed by atoms with Crippen LogP contribution in [0.2, 0.25) is 0 Å². The van der Waals surface area contributed by atoms with Gasteiger partial charge in [0.2, 0.25) is 0 Å². The first kappa shape index (κ1) is 14.5. The molecule has 1 aliphatic carbocycles. The molecule has 0 aliphatic heterocycles. The number of hydrogen-bond donors (Lipinski definition) is 1. The highest BCUT2D eigenvalue weighted by molar-refractivity contribution is 5.72. The van der Waals surface area contributed by atoms with E-state index >= 15 is 0 Å². The fraction of sp³-hybridized carbons (Fsp3) is 0.929. The van der Waals surface area contributed by atoms with Crippen LogP contribution in [-0.4, -0.2) is 18.6 Å². The largest absolute Gasteiger partial charge is 0.462 e. The average molecular weight is 241 g/mol. The Bertz CT molecular complexity index is 253. The minimum atomic E-state index is -0.181. The number of hydrogen-bond acceptors (Lipinski definition) is 3. The van der Waals surface area contributed by atoms with Crippen LogP contribution < -0.4 is 5.73 Å². The molecule has 2 N–H and O–H groups in total. The zero-order valence-electron chi connectivity index (χ0n) is 11.6. The molecule has 3 heteroatoms. The molecule has 3 nitrogen and oxygen atoms in total. The number of esters is 1. The van der Waals surface area contributed by atoms with Gasteiger partial charge in [-0.1, -0.05) is 34.1 Å². The molecule has 0 aromatic heterocycles. The normalized spacial score (nSPS) is 31.3. The average Bonchev–Trinajstić information content (AvgIpc) is 2.27. The quantitative estimate of drug-likeness (QED) is 0.770. The third kappa shape index (κ3) is 3.98. The molecule has 0 amide bonds. The molecule has 4 unspecified atom stereocenters. The summed E-state index contributed by atoms with van der Waals surface area (Å²) in [7, 11) is 0. The van der Waals surface area contributed by atoms with Gasteiger partial charge in [0.15, 0.2) is 0 Å². The molecule has 1 aliphatic rings. The summed E-state index contributed by atoms with van der Waals surface area (Å²) in [6, 6.07) is 0. The van der Waals surface area contributed by atoms with Gasteiger partial charge in [0.1, 0.15) is 6.10 Å². The minimum absolute atomic E-state index is 0.0975. The Morgan fingerprint density at radius 2 is 2.00 bits per heavy atom. The van der Waals surface area contributed by atoms with Crippen molar-refractivity contribution in [3.05, 3.63) is 0 Å². The van der Waals surface area contributed by atoms with Crippen LogP contribution in [0.1, 0.15) is 47.0 Å². The Kier molecular flexibility index (Phi) is 5.44. The van der Waals surface area contributed by atoms with Crippen LogP contribution >= 0.6 is 0 Å². The van der Waals surface area contributed by atoms with Gasteiger partial charge in [-0.3, -0.25) is 4.79 Å². The summed E-state index contributed by atoms with van der Waals surface area (Å²) in [5.41, 5.74) is 5.50. The number of carbonyl (C=O) groups is 1. The number of ether oxygens (including phenoxy) is 1. The topological polar surface area (TPSA) is 52.3 Å². The lowest BCUT2D eigenvalue weighted by atomic mass is 9.75. The zero-order chi connectivity index (χ0) is 13.0. The molecule has 0 radical (unpaired) electrons. The lowest BCUT2D eigenvalue weighted by Gasteiger charge is -2.37. The van der Waals surface area contributed by atoms with E-state index in [0.717, 1.165) is 6.42 Å². The van der Waals surface area contributed by atoms with Crippen LogP contribution in [0, 0.1) is 23.7 Å². The molecular weight excluding hydrogens is 214 g/mol. The summed E-state index contributed by atoms with van der Waals surface area (Å²) in [5, 5.41) is 0. The SMILES string of the molecule is CC1CCC(C(C)C)C(OC(=O)C(C)CN)C1. The van der Waals surface area contributed by atoms with Crippen molar-refractivity contribution >= 4 is 5.97 Å². The van der Waals surface area contributed by atoms with E-state index in [9.17, 15) is 4.79 Å². The summed E-state index contributed by atoms with van der Waals surface area (Å²) >= 11 is 0. The standard InChI is InChI=1S/C14H27NO2/c1-9(2)12-6-5-10(3)7-13(12)17-14(16)11(4)8-15/h9-13H,5-8,15H2,1-4H3. The highest BCUT2D eigenvalue weighted by Gasteiger charge is 2.33. The van der Waals surface area contributed by atoms with Crippen LogP contribution in [-0.2, 0) is 9.53 Å². The van der Waals surface area contributed by atoms with E-state index in [1.807, 2.05) is 6.92 Å². The maximum atomic E-state index is 11.8. The minimum Gasteiger partial charge on any atom is -0.462 e. The Morgan fingerprint density at radius 1 is 1.35 bits per heavy atom.